The Bertz CT molecular complexity index is 436. The van der Waals surface area contributed by atoms with Crippen LogP contribution in [0, 0.1) is 0 Å². The van der Waals surface area contributed by atoms with Gasteiger partial charge in [-0.05, 0) is 36.6 Å². The normalized spacial score (nSPS) is 23.2. The predicted octanol–water partition coefficient (Wildman–Crippen LogP) is 2.00. The summed E-state index contributed by atoms with van der Waals surface area (Å²) in [6, 6.07) is 8.73. The second-order valence-electron chi connectivity index (χ2n) is 4.52. The maximum absolute atomic E-state index is 5.87. The van der Waals surface area contributed by atoms with Gasteiger partial charge in [-0.15, -0.1) is 0 Å². The largest absolute Gasteiger partial charge is 0.372 e. The van der Waals surface area contributed by atoms with Gasteiger partial charge >= 0.3 is 0 Å². The molecular weight excluding hydrogens is 198 g/mol. The lowest BCUT2D eigenvalue weighted by molar-refractivity contribution is 0.0861. The zero-order valence-electron chi connectivity index (χ0n) is 9.62. The third-order valence-electron chi connectivity index (χ3n) is 3.53. The van der Waals surface area contributed by atoms with Gasteiger partial charge in [0.2, 0.25) is 0 Å². The Morgan fingerprint density at radius 2 is 2.25 bits per heavy atom. The number of hydrogen-bond acceptors (Lipinski definition) is 2. The molecule has 0 saturated carbocycles. The molecule has 16 heavy (non-hydrogen) atoms. The van der Waals surface area contributed by atoms with Gasteiger partial charge in [0.15, 0.2) is 0 Å². The minimum Gasteiger partial charge on any atom is -0.372 e. The van der Waals surface area contributed by atoms with Crippen molar-refractivity contribution in [2.75, 3.05) is 20.2 Å². The number of rotatable bonds is 2. The highest BCUT2D eigenvalue weighted by Crippen LogP contribution is 2.39. The summed E-state index contributed by atoms with van der Waals surface area (Å²) < 4.78 is 5.87. The van der Waals surface area contributed by atoms with Gasteiger partial charge in [-0.25, -0.2) is 0 Å². The van der Waals surface area contributed by atoms with E-state index in [0.29, 0.717) is 0 Å². The molecule has 0 spiro atoms. The van der Waals surface area contributed by atoms with Crippen LogP contribution in [-0.2, 0) is 11.2 Å². The van der Waals surface area contributed by atoms with Gasteiger partial charge in [0.05, 0.1) is 12.7 Å². The third kappa shape index (κ3) is 1.49. The topological polar surface area (TPSA) is 21.3 Å². The first-order chi connectivity index (χ1) is 7.90. The van der Waals surface area contributed by atoms with Crippen molar-refractivity contribution in [3.8, 4) is 0 Å². The van der Waals surface area contributed by atoms with Crippen LogP contribution in [0.5, 0.6) is 0 Å². The number of hydrogen-bond donors (Lipinski definition) is 1. The van der Waals surface area contributed by atoms with Crippen LogP contribution in [0.1, 0.15) is 17.5 Å². The molecule has 2 nitrogen and oxygen atoms in total. The highest BCUT2D eigenvalue weighted by molar-refractivity contribution is 5.79. The van der Waals surface area contributed by atoms with E-state index in [9.17, 15) is 0 Å². The third-order valence-corrected chi connectivity index (χ3v) is 3.53. The molecule has 0 bridgehead atoms. The van der Waals surface area contributed by atoms with Crippen molar-refractivity contribution in [3.63, 3.8) is 0 Å². The average Bonchev–Trinajstić information content (AvgIpc) is 2.68. The molecular formula is C14H17NO. The molecule has 0 aromatic heterocycles. The van der Waals surface area contributed by atoms with Gasteiger partial charge in [0, 0.05) is 6.54 Å². The Morgan fingerprint density at radius 3 is 3.12 bits per heavy atom. The predicted molar refractivity (Wildman–Crippen MR) is 65.3 cm³/mol. The second kappa shape index (κ2) is 4.04. The molecule has 0 unspecified atom stereocenters. The SMILES string of the molecule is CNC[C@H]1OCCC2=C1c1ccccc1C2. The molecule has 2 heteroatoms. The average molecular weight is 215 g/mol. The summed E-state index contributed by atoms with van der Waals surface area (Å²) in [7, 11) is 1.99. The van der Waals surface area contributed by atoms with Crippen LogP contribution in [0.2, 0.25) is 0 Å². The lowest BCUT2D eigenvalue weighted by Gasteiger charge is -2.26. The van der Waals surface area contributed by atoms with Crippen LogP contribution in [0.15, 0.2) is 29.8 Å². The molecule has 1 heterocycles. The molecule has 0 fully saturated rings. The van der Waals surface area contributed by atoms with Crippen LogP contribution in [0.25, 0.3) is 5.57 Å². The lowest BCUT2D eigenvalue weighted by atomic mass is 9.97. The maximum Gasteiger partial charge on any atom is 0.0954 e. The Morgan fingerprint density at radius 1 is 1.38 bits per heavy atom. The number of nitrogens with one attached hydrogen (secondary N) is 1. The minimum atomic E-state index is 0.248. The van der Waals surface area contributed by atoms with Gasteiger partial charge in [-0.3, -0.25) is 0 Å². The molecule has 1 N–H and O–H groups in total. The summed E-state index contributed by atoms with van der Waals surface area (Å²) in [6.45, 7) is 1.78. The fraction of sp³-hybridized carbons (Fsp3) is 0.429. The van der Waals surface area contributed by atoms with Crippen molar-refractivity contribution >= 4 is 5.57 Å². The van der Waals surface area contributed by atoms with Gasteiger partial charge in [0.25, 0.3) is 0 Å². The summed E-state index contributed by atoms with van der Waals surface area (Å²) in [5.41, 5.74) is 5.93. The Hall–Kier alpha value is -1.12. The van der Waals surface area contributed by atoms with Gasteiger partial charge in [0.1, 0.15) is 0 Å². The first-order valence-electron chi connectivity index (χ1n) is 5.96. The van der Waals surface area contributed by atoms with Crippen LogP contribution < -0.4 is 5.32 Å². The van der Waals surface area contributed by atoms with E-state index in [1.54, 1.807) is 5.57 Å². The van der Waals surface area contributed by atoms with E-state index in [4.69, 9.17) is 4.74 Å². The van der Waals surface area contributed by atoms with Gasteiger partial charge in [-0.1, -0.05) is 29.8 Å². The van der Waals surface area contributed by atoms with E-state index >= 15 is 0 Å². The van der Waals surface area contributed by atoms with Gasteiger partial charge in [-0.2, -0.15) is 0 Å². The number of fused-ring (bicyclic) bond motifs is 2. The van der Waals surface area contributed by atoms with Crippen LogP contribution in [-0.4, -0.2) is 26.3 Å². The lowest BCUT2D eigenvalue weighted by Crippen LogP contribution is -2.30. The van der Waals surface area contributed by atoms with E-state index in [1.165, 1.54) is 16.7 Å². The zero-order valence-corrected chi connectivity index (χ0v) is 9.62. The molecule has 1 atom stereocenters. The van der Waals surface area contributed by atoms with Crippen molar-refractivity contribution in [3.05, 3.63) is 41.0 Å². The summed E-state index contributed by atoms with van der Waals surface area (Å²) in [5.74, 6) is 0. The number of benzene rings is 1. The monoisotopic (exact) mass is 215 g/mol. The molecule has 84 valence electrons. The first-order valence-corrected chi connectivity index (χ1v) is 5.96. The summed E-state index contributed by atoms with van der Waals surface area (Å²) >= 11 is 0. The minimum absolute atomic E-state index is 0.248. The molecule has 2 aliphatic rings. The first kappa shape index (κ1) is 10.1. The van der Waals surface area contributed by atoms with Crippen LogP contribution in [0.3, 0.4) is 0 Å². The Balaban J connectivity index is 2.01. The molecule has 1 aromatic rings. The Kier molecular flexibility index (Phi) is 2.54. The maximum atomic E-state index is 5.87. The van der Waals surface area contributed by atoms with Crippen molar-refractivity contribution in [2.24, 2.45) is 0 Å². The molecule has 1 aromatic carbocycles. The highest BCUT2D eigenvalue weighted by Gasteiger charge is 2.30. The smallest absolute Gasteiger partial charge is 0.0954 e. The molecule has 1 aliphatic carbocycles. The van der Waals surface area contributed by atoms with Crippen molar-refractivity contribution in [1.29, 1.82) is 0 Å². The molecule has 0 amide bonds. The quantitative estimate of drug-likeness (QED) is 0.814. The van der Waals surface area contributed by atoms with Crippen molar-refractivity contribution in [2.45, 2.75) is 18.9 Å². The second-order valence-corrected chi connectivity index (χ2v) is 4.52. The van der Waals surface area contributed by atoms with Crippen molar-refractivity contribution < 1.29 is 4.74 Å². The summed E-state index contributed by atoms with van der Waals surface area (Å²) in [6.07, 6.45) is 2.48. The van der Waals surface area contributed by atoms with E-state index in [2.05, 4.69) is 29.6 Å². The standard InChI is InChI=1S/C14H17NO/c1-15-9-13-14-11(6-7-16-13)8-10-4-2-3-5-12(10)14/h2-5,13,15H,6-9H2,1H3/t13-/m1/s1. The van der Waals surface area contributed by atoms with E-state index in [1.807, 2.05) is 7.05 Å². The highest BCUT2D eigenvalue weighted by atomic mass is 16.5. The summed E-state index contributed by atoms with van der Waals surface area (Å²) in [4.78, 5) is 0. The van der Waals surface area contributed by atoms with E-state index < -0.39 is 0 Å². The number of likely N-dealkylation sites (N-methyl/N-ethyl adjacent to an activating group) is 1. The van der Waals surface area contributed by atoms with Crippen LogP contribution in [0.4, 0.5) is 0 Å². The molecule has 3 rings (SSSR count). The Labute approximate surface area is 96.3 Å². The van der Waals surface area contributed by atoms with E-state index in [0.717, 1.165) is 26.0 Å². The number of ether oxygens (including phenoxy) is 1. The summed E-state index contributed by atoms with van der Waals surface area (Å²) in [5, 5.41) is 3.22. The van der Waals surface area contributed by atoms with E-state index in [-0.39, 0.29) is 6.10 Å². The molecule has 0 saturated heterocycles. The molecule has 0 radical (unpaired) electrons. The fourth-order valence-electron chi connectivity index (χ4n) is 2.83. The molecule has 1 aliphatic heterocycles. The zero-order chi connectivity index (χ0) is 11.0. The van der Waals surface area contributed by atoms with Crippen LogP contribution >= 0.6 is 0 Å². The van der Waals surface area contributed by atoms with Crippen molar-refractivity contribution in [1.82, 2.24) is 5.32 Å². The fourth-order valence-corrected chi connectivity index (χ4v) is 2.83. The van der Waals surface area contributed by atoms with Gasteiger partial charge < -0.3 is 10.1 Å².